The van der Waals surface area contributed by atoms with Crippen LogP contribution in [0.1, 0.15) is 29.5 Å². The van der Waals surface area contributed by atoms with Gasteiger partial charge in [-0.1, -0.05) is 66.7 Å². The molecule has 0 spiro atoms. The third-order valence-corrected chi connectivity index (χ3v) is 4.69. The van der Waals surface area contributed by atoms with E-state index in [1.807, 2.05) is 6.07 Å². The minimum Gasteiger partial charge on any atom is -0.393 e. The number of benzene rings is 2. The zero-order valence-electron chi connectivity index (χ0n) is 14.8. The highest BCUT2D eigenvalue weighted by Crippen LogP contribution is 2.14. The predicted octanol–water partition coefficient (Wildman–Crippen LogP) is 3.45. The van der Waals surface area contributed by atoms with Gasteiger partial charge >= 0.3 is 0 Å². The van der Waals surface area contributed by atoms with Gasteiger partial charge in [-0.25, -0.2) is 0 Å². The molecule has 3 nitrogen and oxygen atoms in total. The molecule has 1 aliphatic rings. The van der Waals surface area contributed by atoms with Crippen molar-refractivity contribution >= 4 is 6.08 Å². The number of hydrogen-bond donors (Lipinski definition) is 2. The van der Waals surface area contributed by atoms with Crippen LogP contribution in [-0.4, -0.2) is 35.7 Å². The van der Waals surface area contributed by atoms with Crippen molar-refractivity contribution in [2.45, 2.75) is 32.0 Å². The maximum atomic E-state index is 9.58. The van der Waals surface area contributed by atoms with Gasteiger partial charge < -0.3 is 10.4 Å². The van der Waals surface area contributed by atoms with E-state index in [4.69, 9.17) is 0 Å². The van der Waals surface area contributed by atoms with Gasteiger partial charge in [0.25, 0.3) is 0 Å². The van der Waals surface area contributed by atoms with Crippen LogP contribution in [0.5, 0.6) is 0 Å². The Hall–Kier alpha value is -1.94. The molecule has 2 aromatic carbocycles. The van der Waals surface area contributed by atoms with Crippen LogP contribution in [0.15, 0.2) is 60.7 Å². The van der Waals surface area contributed by atoms with Gasteiger partial charge in [0.05, 0.1) is 6.10 Å². The highest BCUT2D eigenvalue weighted by Gasteiger charge is 2.16. The second kappa shape index (κ2) is 9.52. The summed E-state index contributed by atoms with van der Waals surface area (Å²) in [6, 6.07) is 19.2. The number of hydrogen-bond acceptors (Lipinski definition) is 3. The molecule has 2 aromatic rings. The Morgan fingerprint density at radius 2 is 1.64 bits per heavy atom. The fourth-order valence-corrected chi connectivity index (χ4v) is 3.16. The molecule has 0 radical (unpaired) electrons. The molecule has 1 saturated heterocycles. The van der Waals surface area contributed by atoms with Crippen LogP contribution in [0, 0.1) is 0 Å². The summed E-state index contributed by atoms with van der Waals surface area (Å²) >= 11 is 0. The van der Waals surface area contributed by atoms with Crippen molar-refractivity contribution in [1.82, 2.24) is 10.2 Å². The number of piperidine rings is 1. The van der Waals surface area contributed by atoms with E-state index in [9.17, 15) is 5.11 Å². The summed E-state index contributed by atoms with van der Waals surface area (Å²) in [5.74, 6) is 0. The lowest BCUT2D eigenvalue weighted by atomic mass is 10.1. The maximum Gasteiger partial charge on any atom is 0.0564 e. The van der Waals surface area contributed by atoms with Crippen LogP contribution >= 0.6 is 0 Å². The van der Waals surface area contributed by atoms with Crippen LogP contribution in [0.4, 0.5) is 0 Å². The van der Waals surface area contributed by atoms with Crippen molar-refractivity contribution in [2.24, 2.45) is 0 Å². The average Bonchev–Trinajstić information content (AvgIpc) is 2.65. The van der Waals surface area contributed by atoms with E-state index in [0.717, 1.165) is 45.6 Å². The van der Waals surface area contributed by atoms with Crippen molar-refractivity contribution in [1.29, 1.82) is 0 Å². The zero-order valence-corrected chi connectivity index (χ0v) is 14.8. The molecule has 0 amide bonds. The SMILES string of the molecule is OC1CCN(Cc2ccc(CNC/C=C/c3ccccc3)cc2)CC1. The van der Waals surface area contributed by atoms with E-state index in [2.05, 4.69) is 70.9 Å². The molecule has 0 saturated carbocycles. The molecule has 0 aliphatic carbocycles. The lowest BCUT2D eigenvalue weighted by molar-refractivity contribution is 0.0792. The van der Waals surface area contributed by atoms with Crippen molar-refractivity contribution in [3.63, 3.8) is 0 Å². The number of rotatable bonds is 7. The molecule has 0 aromatic heterocycles. The minimum atomic E-state index is -0.0966. The van der Waals surface area contributed by atoms with Crippen LogP contribution in [0.2, 0.25) is 0 Å². The highest BCUT2D eigenvalue weighted by molar-refractivity contribution is 5.48. The van der Waals surface area contributed by atoms with Gasteiger partial charge in [0, 0.05) is 32.7 Å². The van der Waals surface area contributed by atoms with Gasteiger partial charge in [0.15, 0.2) is 0 Å². The summed E-state index contributed by atoms with van der Waals surface area (Å²) in [5, 5.41) is 13.0. The van der Waals surface area contributed by atoms with Gasteiger partial charge in [0.1, 0.15) is 0 Å². The van der Waals surface area contributed by atoms with Gasteiger partial charge in [-0.15, -0.1) is 0 Å². The third kappa shape index (κ3) is 6.13. The smallest absolute Gasteiger partial charge is 0.0564 e. The largest absolute Gasteiger partial charge is 0.393 e. The highest BCUT2D eigenvalue weighted by atomic mass is 16.3. The number of nitrogens with one attached hydrogen (secondary N) is 1. The first-order chi connectivity index (χ1) is 12.3. The lowest BCUT2D eigenvalue weighted by Crippen LogP contribution is -2.35. The first kappa shape index (κ1) is 17.9. The summed E-state index contributed by atoms with van der Waals surface area (Å²) < 4.78 is 0. The van der Waals surface area contributed by atoms with E-state index >= 15 is 0 Å². The topological polar surface area (TPSA) is 35.5 Å². The average molecular weight is 336 g/mol. The van der Waals surface area contributed by atoms with Gasteiger partial charge in [0.2, 0.25) is 0 Å². The fourth-order valence-electron chi connectivity index (χ4n) is 3.16. The molecule has 2 N–H and O–H groups in total. The summed E-state index contributed by atoms with van der Waals surface area (Å²) in [4.78, 5) is 2.42. The molecule has 25 heavy (non-hydrogen) atoms. The summed E-state index contributed by atoms with van der Waals surface area (Å²) in [6.45, 7) is 4.73. The van der Waals surface area contributed by atoms with E-state index in [-0.39, 0.29) is 6.10 Å². The zero-order chi connectivity index (χ0) is 17.3. The number of likely N-dealkylation sites (tertiary alicyclic amines) is 1. The Morgan fingerprint density at radius 3 is 2.36 bits per heavy atom. The molecule has 3 heteroatoms. The monoisotopic (exact) mass is 336 g/mol. The van der Waals surface area contributed by atoms with E-state index in [0.29, 0.717) is 0 Å². The summed E-state index contributed by atoms with van der Waals surface area (Å²) in [6.07, 6.45) is 6.01. The molecule has 1 heterocycles. The first-order valence-electron chi connectivity index (χ1n) is 9.20. The number of aliphatic hydroxyl groups is 1. The number of nitrogens with zero attached hydrogens (tertiary/aromatic N) is 1. The fraction of sp³-hybridized carbons (Fsp3) is 0.364. The molecule has 132 valence electrons. The molecule has 1 fully saturated rings. The van der Waals surface area contributed by atoms with Crippen molar-refractivity contribution in [3.05, 3.63) is 77.4 Å². The molecule has 0 bridgehead atoms. The van der Waals surface area contributed by atoms with Crippen molar-refractivity contribution in [2.75, 3.05) is 19.6 Å². The van der Waals surface area contributed by atoms with Crippen LogP contribution in [0.25, 0.3) is 6.08 Å². The lowest BCUT2D eigenvalue weighted by Gasteiger charge is -2.29. The summed E-state index contributed by atoms with van der Waals surface area (Å²) in [7, 11) is 0. The van der Waals surface area contributed by atoms with E-state index < -0.39 is 0 Å². The quantitative estimate of drug-likeness (QED) is 0.760. The van der Waals surface area contributed by atoms with Crippen molar-refractivity contribution < 1.29 is 5.11 Å². The molecule has 0 atom stereocenters. The molecule has 1 aliphatic heterocycles. The Labute approximate surface area is 151 Å². The van der Waals surface area contributed by atoms with Crippen LogP contribution < -0.4 is 5.32 Å². The Balaban J connectivity index is 1.38. The van der Waals surface area contributed by atoms with Gasteiger partial charge in [-0.05, 0) is 29.5 Å². The number of aliphatic hydroxyl groups excluding tert-OH is 1. The van der Waals surface area contributed by atoms with Crippen LogP contribution in [-0.2, 0) is 13.1 Å². The van der Waals surface area contributed by atoms with E-state index in [1.54, 1.807) is 0 Å². The normalized spacial score (nSPS) is 16.5. The molecule has 3 rings (SSSR count). The standard InChI is InChI=1S/C22H28N2O/c25-22-12-15-24(16-13-22)18-21-10-8-20(9-11-21)17-23-14-4-7-19-5-2-1-3-6-19/h1-11,22-23,25H,12-18H2/b7-4+. The summed E-state index contributed by atoms with van der Waals surface area (Å²) in [5.41, 5.74) is 3.90. The minimum absolute atomic E-state index is 0.0966. The maximum absolute atomic E-state index is 9.58. The molecular formula is C22H28N2O. The van der Waals surface area contributed by atoms with Gasteiger partial charge in [-0.3, -0.25) is 4.90 Å². The predicted molar refractivity (Wildman–Crippen MR) is 104 cm³/mol. The molecule has 0 unspecified atom stereocenters. The Kier molecular flexibility index (Phi) is 6.80. The Morgan fingerprint density at radius 1 is 0.960 bits per heavy atom. The van der Waals surface area contributed by atoms with Crippen LogP contribution in [0.3, 0.4) is 0 Å². The second-order valence-corrected chi connectivity index (χ2v) is 6.77. The van der Waals surface area contributed by atoms with Gasteiger partial charge in [-0.2, -0.15) is 0 Å². The molecular weight excluding hydrogens is 308 g/mol. The third-order valence-electron chi connectivity index (χ3n) is 4.69. The van der Waals surface area contributed by atoms with Crippen molar-refractivity contribution in [3.8, 4) is 0 Å². The Bertz CT molecular complexity index is 643. The second-order valence-electron chi connectivity index (χ2n) is 6.77. The first-order valence-corrected chi connectivity index (χ1v) is 9.20. The van der Waals surface area contributed by atoms with E-state index in [1.165, 1.54) is 16.7 Å².